The number of carbonyl (C=O) groups is 1. The number of hydrogen-bond acceptors (Lipinski definition) is 4. The Morgan fingerprint density at radius 2 is 1.32 bits per heavy atom. The number of hydrogen-bond donors (Lipinski definition) is 2. The molecule has 0 radical (unpaired) electrons. The normalized spacial score (nSPS) is 16.6. The van der Waals surface area contributed by atoms with Crippen LogP contribution in [0.1, 0.15) is 73.3 Å². The van der Waals surface area contributed by atoms with Gasteiger partial charge in [-0.1, -0.05) is 127 Å². The van der Waals surface area contributed by atoms with Crippen molar-refractivity contribution in [3.8, 4) is 11.1 Å². The average Bonchev–Trinajstić information content (AvgIpc) is 3.03. The van der Waals surface area contributed by atoms with Crippen molar-refractivity contribution >= 4 is 6.79 Å². The summed E-state index contributed by atoms with van der Waals surface area (Å²) in [4.78, 5) is 10.5. The largest absolute Gasteiger partial charge is 0.372 e. The molecule has 4 rings (SSSR count). The highest BCUT2D eigenvalue weighted by atomic mass is 16.1. The van der Waals surface area contributed by atoms with Crippen molar-refractivity contribution in [1.82, 2.24) is 10.2 Å². The maximum atomic E-state index is 8.00. The maximum absolute atomic E-state index is 8.00. The van der Waals surface area contributed by atoms with E-state index in [0.29, 0.717) is 6.04 Å². The Labute approximate surface area is 247 Å². The molecular weight excluding hydrogens is 490 g/mol. The van der Waals surface area contributed by atoms with Crippen LogP contribution in [0.15, 0.2) is 97.4 Å². The quantitative estimate of drug-likeness (QED) is 0.376. The number of nitrogens with two attached hydrogens (primary N) is 1. The first-order valence-electron chi connectivity index (χ1n) is 14.7. The first-order chi connectivity index (χ1) is 19.4. The summed E-state index contributed by atoms with van der Waals surface area (Å²) in [6.07, 6.45) is 10.0. The monoisotopic (exact) mass is 549 g/mol. The van der Waals surface area contributed by atoms with Crippen LogP contribution in [0.4, 0.5) is 0 Å². The van der Waals surface area contributed by atoms with Crippen LogP contribution >= 0.6 is 0 Å². The standard InChI is InChI=1S/C13H23N3.C13H12.C3H4.3C2H6.CH2O/c1-13(14)7-3-12(4-8-13)16-9-5-11(15-2)6-10-16;1-11-7-9-13(10-8-11)12-5-3-2-4-6-12;1-3-2;4*1-2/h3-4,7,11,15H,5-6,8-10,14H2,1-2H3;2-10H,1H3;1-2H2;3*1-2H3;1H2. The molecule has 1 saturated heterocycles. The van der Waals surface area contributed by atoms with Gasteiger partial charge in [-0.2, -0.15) is 0 Å². The Kier molecular flexibility index (Phi) is 28.3. The first-order valence-corrected chi connectivity index (χ1v) is 14.7. The highest BCUT2D eigenvalue weighted by Crippen LogP contribution is 2.23. The first kappa shape index (κ1) is 41.3. The molecule has 4 nitrogen and oxygen atoms in total. The molecule has 2 aliphatic rings. The number of nitrogens with one attached hydrogen (secondary N) is 1. The summed E-state index contributed by atoms with van der Waals surface area (Å²) in [7, 11) is 2.06. The van der Waals surface area contributed by atoms with Gasteiger partial charge in [0.15, 0.2) is 0 Å². The van der Waals surface area contributed by atoms with E-state index < -0.39 is 0 Å². The SMILES string of the molecule is C=C=C.C=O.CC.CC.CC.CNC1CCN(C2=CCC(C)(N)C=C2)CC1.Cc1ccc(-c2ccccc2)cc1. The van der Waals surface area contributed by atoms with Gasteiger partial charge in [-0.3, -0.25) is 0 Å². The number of nitrogens with zero attached hydrogens (tertiary/aromatic N) is 1. The predicted octanol–water partition coefficient (Wildman–Crippen LogP) is 8.74. The number of aryl methyl sites for hydroxylation is 1. The molecular formula is C36H59N3O. The number of likely N-dealkylation sites (tertiary alicyclic amines) is 1. The highest BCUT2D eigenvalue weighted by Gasteiger charge is 2.22. The van der Waals surface area contributed by atoms with Gasteiger partial charge in [0.1, 0.15) is 6.79 Å². The number of allylic oxidation sites excluding steroid dienone is 1. The smallest absolute Gasteiger partial charge is 0.106 e. The number of piperidine rings is 1. The molecule has 0 spiro atoms. The fourth-order valence-electron chi connectivity index (χ4n) is 3.77. The Morgan fingerprint density at radius 3 is 1.73 bits per heavy atom. The molecule has 3 N–H and O–H groups in total. The van der Waals surface area contributed by atoms with Gasteiger partial charge in [-0.25, -0.2) is 0 Å². The van der Waals surface area contributed by atoms with E-state index in [-0.39, 0.29) is 5.54 Å². The van der Waals surface area contributed by atoms with Gasteiger partial charge in [0.2, 0.25) is 0 Å². The summed E-state index contributed by atoms with van der Waals surface area (Å²) in [5.41, 5.74) is 13.4. The predicted molar refractivity (Wildman–Crippen MR) is 181 cm³/mol. The summed E-state index contributed by atoms with van der Waals surface area (Å²) in [6.45, 7) is 26.7. The molecule has 0 saturated carbocycles. The van der Waals surface area contributed by atoms with Crippen molar-refractivity contribution in [2.75, 3.05) is 20.1 Å². The van der Waals surface area contributed by atoms with Gasteiger partial charge in [0.25, 0.3) is 0 Å². The molecule has 1 aliphatic carbocycles. The number of benzene rings is 2. The van der Waals surface area contributed by atoms with E-state index in [0.717, 1.165) is 19.5 Å². The average molecular weight is 550 g/mol. The van der Waals surface area contributed by atoms with Crippen LogP contribution in [0.5, 0.6) is 0 Å². The third-order valence-electron chi connectivity index (χ3n) is 5.81. The Morgan fingerprint density at radius 1 is 0.875 bits per heavy atom. The summed E-state index contributed by atoms with van der Waals surface area (Å²) in [6, 6.07) is 19.7. The lowest BCUT2D eigenvalue weighted by Gasteiger charge is -2.36. The Bertz CT molecular complexity index is 916. The van der Waals surface area contributed by atoms with Crippen molar-refractivity contribution in [1.29, 1.82) is 0 Å². The van der Waals surface area contributed by atoms with Crippen LogP contribution in [-0.4, -0.2) is 43.4 Å². The van der Waals surface area contributed by atoms with Crippen LogP contribution in [0.3, 0.4) is 0 Å². The molecule has 40 heavy (non-hydrogen) atoms. The van der Waals surface area contributed by atoms with E-state index in [1.807, 2.05) is 54.4 Å². The van der Waals surface area contributed by atoms with Crippen molar-refractivity contribution < 1.29 is 4.79 Å². The lowest BCUT2D eigenvalue weighted by Crippen LogP contribution is -2.41. The topological polar surface area (TPSA) is 58.4 Å². The van der Waals surface area contributed by atoms with Crippen molar-refractivity contribution in [2.24, 2.45) is 5.73 Å². The fraction of sp³-hybridized carbons (Fsp3) is 0.444. The molecule has 1 unspecified atom stereocenters. The third kappa shape index (κ3) is 18.2. The minimum Gasteiger partial charge on any atom is -0.372 e. The molecule has 1 atom stereocenters. The second-order valence-electron chi connectivity index (χ2n) is 8.70. The minimum atomic E-state index is -0.146. The van der Waals surface area contributed by atoms with Crippen LogP contribution in [-0.2, 0) is 4.79 Å². The number of carbonyl (C=O) groups excluding carboxylic acids is 1. The molecule has 1 heterocycles. The van der Waals surface area contributed by atoms with Gasteiger partial charge < -0.3 is 20.7 Å². The maximum Gasteiger partial charge on any atom is 0.106 e. The molecule has 1 fully saturated rings. The van der Waals surface area contributed by atoms with E-state index >= 15 is 0 Å². The van der Waals surface area contributed by atoms with Gasteiger partial charge in [-0.05, 0) is 57.4 Å². The zero-order valence-electron chi connectivity index (χ0n) is 27.1. The van der Waals surface area contributed by atoms with Gasteiger partial charge in [0.05, 0.1) is 0 Å². The minimum absolute atomic E-state index is 0.146. The summed E-state index contributed by atoms with van der Waals surface area (Å²) < 4.78 is 0. The van der Waals surface area contributed by atoms with Crippen LogP contribution in [0.2, 0.25) is 0 Å². The van der Waals surface area contributed by atoms with Crippen LogP contribution in [0, 0.1) is 6.92 Å². The zero-order chi connectivity index (χ0) is 31.4. The fourth-order valence-corrected chi connectivity index (χ4v) is 3.77. The van der Waals surface area contributed by atoms with Crippen LogP contribution < -0.4 is 11.1 Å². The lowest BCUT2D eigenvalue weighted by molar-refractivity contribution is -0.0980. The van der Waals surface area contributed by atoms with E-state index in [2.05, 4.69) is 117 Å². The van der Waals surface area contributed by atoms with E-state index in [4.69, 9.17) is 10.5 Å². The highest BCUT2D eigenvalue weighted by molar-refractivity contribution is 5.63. The molecule has 4 heteroatoms. The Hall–Kier alpha value is -3.17. The van der Waals surface area contributed by atoms with Crippen LogP contribution in [0.25, 0.3) is 11.1 Å². The Balaban J connectivity index is -0.000000513. The molecule has 0 amide bonds. The number of rotatable bonds is 3. The zero-order valence-corrected chi connectivity index (χ0v) is 27.1. The summed E-state index contributed by atoms with van der Waals surface area (Å²) in [5, 5.41) is 3.36. The molecule has 2 aromatic rings. The van der Waals surface area contributed by atoms with Gasteiger partial charge >= 0.3 is 0 Å². The second-order valence-corrected chi connectivity index (χ2v) is 8.70. The van der Waals surface area contributed by atoms with Gasteiger partial charge in [0, 0.05) is 30.4 Å². The summed E-state index contributed by atoms with van der Waals surface area (Å²) in [5.74, 6) is 0. The second kappa shape index (κ2) is 27.4. The van der Waals surface area contributed by atoms with E-state index in [9.17, 15) is 0 Å². The third-order valence-corrected chi connectivity index (χ3v) is 5.81. The molecule has 0 aromatic heterocycles. The molecule has 1 aliphatic heterocycles. The molecule has 224 valence electrons. The van der Waals surface area contributed by atoms with Crippen molar-refractivity contribution in [2.45, 2.75) is 86.2 Å². The molecule has 0 bridgehead atoms. The van der Waals surface area contributed by atoms with Crippen molar-refractivity contribution in [3.05, 3.63) is 103 Å². The summed E-state index contributed by atoms with van der Waals surface area (Å²) >= 11 is 0. The van der Waals surface area contributed by atoms with Crippen molar-refractivity contribution in [3.63, 3.8) is 0 Å². The van der Waals surface area contributed by atoms with E-state index in [1.54, 1.807) is 0 Å². The lowest BCUT2D eigenvalue weighted by atomic mass is 9.93. The van der Waals surface area contributed by atoms with Gasteiger partial charge in [-0.15, -0.1) is 5.73 Å². The molecule has 2 aromatic carbocycles. The van der Waals surface area contributed by atoms with E-state index in [1.165, 1.54) is 35.2 Å².